The second kappa shape index (κ2) is 5.71. The van der Waals surface area contributed by atoms with Crippen molar-refractivity contribution in [2.24, 2.45) is 0 Å². The third kappa shape index (κ3) is 2.85. The van der Waals surface area contributed by atoms with Crippen LogP contribution in [0.2, 0.25) is 0 Å². The van der Waals surface area contributed by atoms with E-state index >= 15 is 0 Å². The zero-order valence-corrected chi connectivity index (χ0v) is 10.1. The van der Waals surface area contributed by atoms with Crippen LogP contribution < -0.4 is 10.1 Å². The maximum Gasteiger partial charge on any atom is 0.256 e. The first-order valence-electron chi connectivity index (χ1n) is 5.53. The van der Waals surface area contributed by atoms with Gasteiger partial charge < -0.3 is 10.1 Å². The van der Waals surface area contributed by atoms with Crippen LogP contribution in [0.25, 0.3) is 0 Å². The number of halogens is 3. The Kier molecular flexibility index (Phi) is 4.01. The smallest absolute Gasteiger partial charge is 0.256 e. The predicted octanol–water partition coefficient (Wildman–Crippen LogP) is 3.01. The summed E-state index contributed by atoms with van der Waals surface area (Å²) in [6, 6.07) is 4.89. The highest BCUT2D eigenvalue weighted by molar-refractivity contribution is 5.32. The van der Waals surface area contributed by atoms with Crippen LogP contribution in [0.5, 0.6) is 11.6 Å². The molecule has 1 heterocycles. The molecule has 0 saturated carbocycles. The van der Waals surface area contributed by atoms with Crippen LogP contribution in [-0.2, 0) is 6.54 Å². The van der Waals surface area contributed by atoms with E-state index in [1.165, 1.54) is 24.4 Å². The maximum atomic E-state index is 13.9. The first-order chi connectivity index (χ1) is 9.13. The second-order valence-corrected chi connectivity index (χ2v) is 3.77. The van der Waals surface area contributed by atoms with Gasteiger partial charge in [0.15, 0.2) is 17.4 Å². The van der Waals surface area contributed by atoms with E-state index in [-0.39, 0.29) is 6.54 Å². The van der Waals surface area contributed by atoms with Gasteiger partial charge in [-0.2, -0.15) is 4.39 Å². The van der Waals surface area contributed by atoms with Crippen molar-refractivity contribution >= 4 is 0 Å². The minimum atomic E-state index is -1.18. The lowest BCUT2D eigenvalue weighted by molar-refractivity contribution is 0.381. The summed E-state index contributed by atoms with van der Waals surface area (Å²) in [4.78, 5) is 3.67. The Morgan fingerprint density at radius 1 is 1.16 bits per heavy atom. The van der Waals surface area contributed by atoms with E-state index < -0.39 is 29.1 Å². The van der Waals surface area contributed by atoms with E-state index in [1.807, 2.05) is 0 Å². The van der Waals surface area contributed by atoms with Crippen molar-refractivity contribution in [3.63, 3.8) is 0 Å². The standard InChI is InChI=1S/C13H11F3N2O/c1-17-7-8-5-6-18-13(11(8)15)19-10-4-2-3-9(14)12(10)16/h2-6,17H,7H2,1H3. The summed E-state index contributed by atoms with van der Waals surface area (Å²) in [5.74, 6) is -3.75. The predicted molar refractivity (Wildman–Crippen MR) is 63.4 cm³/mol. The molecular weight excluding hydrogens is 257 g/mol. The van der Waals surface area contributed by atoms with Gasteiger partial charge in [0.05, 0.1) is 0 Å². The van der Waals surface area contributed by atoms with Crippen LogP contribution in [0.15, 0.2) is 30.5 Å². The normalized spacial score (nSPS) is 10.5. The fraction of sp³-hybridized carbons (Fsp3) is 0.154. The molecule has 0 fully saturated rings. The largest absolute Gasteiger partial charge is 0.433 e. The lowest BCUT2D eigenvalue weighted by atomic mass is 10.2. The molecule has 0 unspecified atom stereocenters. The van der Waals surface area contributed by atoms with Gasteiger partial charge in [-0.1, -0.05) is 6.07 Å². The molecule has 3 nitrogen and oxygen atoms in total. The van der Waals surface area contributed by atoms with Crippen molar-refractivity contribution in [1.29, 1.82) is 0 Å². The first-order valence-corrected chi connectivity index (χ1v) is 5.53. The summed E-state index contributed by atoms with van der Waals surface area (Å²) in [6.45, 7) is 0.274. The second-order valence-electron chi connectivity index (χ2n) is 3.77. The van der Waals surface area contributed by atoms with Crippen molar-refractivity contribution in [3.05, 3.63) is 53.5 Å². The van der Waals surface area contributed by atoms with Crippen LogP contribution in [0.3, 0.4) is 0 Å². The molecule has 6 heteroatoms. The molecule has 1 aromatic heterocycles. The number of hydrogen-bond acceptors (Lipinski definition) is 3. The third-order valence-electron chi connectivity index (χ3n) is 2.43. The molecule has 1 N–H and O–H groups in total. The molecule has 0 aliphatic rings. The molecule has 0 aliphatic carbocycles. The van der Waals surface area contributed by atoms with E-state index in [0.29, 0.717) is 5.56 Å². The number of rotatable bonds is 4. The summed E-state index contributed by atoms with van der Waals surface area (Å²) in [7, 11) is 1.66. The highest BCUT2D eigenvalue weighted by Gasteiger charge is 2.15. The number of pyridine rings is 1. The molecule has 2 rings (SSSR count). The van der Waals surface area contributed by atoms with E-state index in [4.69, 9.17) is 4.74 Å². The molecule has 19 heavy (non-hydrogen) atoms. The molecule has 0 amide bonds. The molecule has 2 aromatic rings. The molecule has 0 aliphatic heterocycles. The van der Waals surface area contributed by atoms with E-state index in [2.05, 4.69) is 10.3 Å². The van der Waals surface area contributed by atoms with E-state index in [9.17, 15) is 13.2 Å². The van der Waals surface area contributed by atoms with E-state index in [1.54, 1.807) is 7.05 Å². The molecule has 0 bridgehead atoms. The number of ether oxygens (including phenoxy) is 1. The van der Waals surface area contributed by atoms with Crippen LogP contribution in [-0.4, -0.2) is 12.0 Å². The summed E-state index contributed by atoms with van der Waals surface area (Å²) in [6.07, 6.45) is 1.34. The van der Waals surface area contributed by atoms with Crippen molar-refractivity contribution in [2.75, 3.05) is 7.05 Å². The van der Waals surface area contributed by atoms with Gasteiger partial charge in [-0.25, -0.2) is 13.8 Å². The minimum absolute atomic E-state index is 0.274. The van der Waals surface area contributed by atoms with Crippen molar-refractivity contribution in [1.82, 2.24) is 10.3 Å². The number of nitrogens with one attached hydrogen (secondary N) is 1. The highest BCUT2D eigenvalue weighted by atomic mass is 19.2. The SMILES string of the molecule is CNCc1ccnc(Oc2cccc(F)c2F)c1F. The zero-order valence-electron chi connectivity index (χ0n) is 10.1. The topological polar surface area (TPSA) is 34.2 Å². The van der Waals surface area contributed by atoms with Crippen LogP contribution in [0.1, 0.15) is 5.56 Å². The fourth-order valence-corrected chi connectivity index (χ4v) is 1.53. The van der Waals surface area contributed by atoms with Gasteiger partial charge in [-0.15, -0.1) is 0 Å². The van der Waals surface area contributed by atoms with Gasteiger partial charge in [0.1, 0.15) is 0 Å². The minimum Gasteiger partial charge on any atom is -0.433 e. The Morgan fingerprint density at radius 3 is 2.68 bits per heavy atom. The Labute approximate surface area is 108 Å². The molecule has 0 spiro atoms. The summed E-state index contributed by atoms with van der Waals surface area (Å²) >= 11 is 0. The average molecular weight is 268 g/mol. The average Bonchev–Trinajstić information content (AvgIpc) is 2.40. The molecule has 100 valence electrons. The number of hydrogen-bond donors (Lipinski definition) is 1. The summed E-state index contributed by atoms with van der Waals surface area (Å²) in [5, 5.41) is 2.78. The lowest BCUT2D eigenvalue weighted by Crippen LogP contribution is -2.08. The van der Waals surface area contributed by atoms with Gasteiger partial charge in [-0.3, -0.25) is 0 Å². The third-order valence-corrected chi connectivity index (χ3v) is 2.43. The monoisotopic (exact) mass is 268 g/mol. The zero-order chi connectivity index (χ0) is 13.8. The Morgan fingerprint density at radius 2 is 1.95 bits per heavy atom. The molecule has 0 atom stereocenters. The van der Waals surface area contributed by atoms with Crippen LogP contribution >= 0.6 is 0 Å². The number of benzene rings is 1. The van der Waals surface area contributed by atoms with Gasteiger partial charge in [0, 0.05) is 18.3 Å². The Hall–Kier alpha value is -2.08. The Bertz CT molecular complexity index is 590. The Balaban J connectivity index is 2.33. The summed E-state index contributed by atoms with van der Waals surface area (Å²) < 4.78 is 45.3. The number of nitrogens with zero attached hydrogens (tertiary/aromatic N) is 1. The van der Waals surface area contributed by atoms with Crippen molar-refractivity contribution in [2.45, 2.75) is 6.54 Å². The fourth-order valence-electron chi connectivity index (χ4n) is 1.53. The van der Waals surface area contributed by atoms with E-state index in [0.717, 1.165) is 6.07 Å². The highest BCUT2D eigenvalue weighted by Crippen LogP contribution is 2.27. The van der Waals surface area contributed by atoms with Crippen LogP contribution in [0.4, 0.5) is 13.2 Å². The quantitative estimate of drug-likeness (QED) is 0.925. The molecule has 0 radical (unpaired) electrons. The van der Waals surface area contributed by atoms with Crippen molar-refractivity contribution < 1.29 is 17.9 Å². The molecular formula is C13H11F3N2O. The van der Waals surface area contributed by atoms with Gasteiger partial charge in [-0.05, 0) is 25.2 Å². The van der Waals surface area contributed by atoms with Crippen molar-refractivity contribution in [3.8, 4) is 11.6 Å². The summed E-state index contributed by atoms with van der Waals surface area (Å²) in [5.41, 5.74) is 0.323. The number of aromatic nitrogens is 1. The molecule has 0 saturated heterocycles. The molecule has 1 aromatic carbocycles. The van der Waals surface area contributed by atoms with Gasteiger partial charge in [0.25, 0.3) is 5.88 Å². The van der Waals surface area contributed by atoms with Gasteiger partial charge in [0.2, 0.25) is 5.82 Å². The lowest BCUT2D eigenvalue weighted by Gasteiger charge is -2.09. The van der Waals surface area contributed by atoms with Gasteiger partial charge >= 0.3 is 0 Å². The van der Waals surface area contributed by atoms with Crippen LogP contribution in [0, 0.1) is 17.5 Å². The first kappa shape index (κ1) is 13.4. The maximum absolute atomic E-state index is 13.9.